The average molecular weight is 366 g/mol. The Balaban J connectivity index is 1.88. The van der Waals surface area contributed by atoms with Gasteiger partial charge in [0.25, 0.3) is 0 Å². The standard InChI is InChI=1S/C18H14F4N2O2/c19-14-3-1-2-12(10-14)6-9-16(25)24-15-7-4-13(5-8-15)11-23-17(26)18(20,21)22/h1-10H,11H2,(H,23,26)(H,24,25)/b9-6+. The van der Waals surface area contributed by atoms with Gasteiger partial charge in [-0.15, -0.1) is 0 Å². The molecular weight excluding hydrogens is 352 g/mol. The number of alkyl halides is 3. The van der Waals surface area contributed by atoms with Gasteiger partial charge in [0.2, 0.25) is 5.91 Å². The molecule has 0 unspecified atom stereocenters. The summed E-state index contributed by atoms with van der Waals surface area (Å²) in [6, 6.07) is 11.6. The molecule has 0 saturated carbocycles. The first-order valence-corrected chi connectivity index (χ1v) is 7.42. The molecule has 2 amide bonds. The second-order valence-electron chi connectivity index (χ2n) is 5.25. The lowest BCUT2D eigenvalue weighted by molar-refractivity contribution is -0.173. The molecule has 0 heterocycles. The van der Waals surface area contributed by atoms with E-state index in [9.17, 15) is 27.2 Å². The number of halogens is 4. The lowest BCUT2D eigenvalue weighted by Gasteiger charge is -2.08. The first-order valence-electron chi connectivity index (χ1n) is 7.42. The van der Waals surface area contributed by atoms with E-state index in [4.69, 9.17) is 0 Å². The van der Waals surface area contributed by atoms with Crippen molar-refractivity contribution in [2.45, 2.75) is 12.7 Å². The molecule has 0 aromatic heterocycles. The summed E-state index contributed by atoms with van der Waals surface area (Å²) in [5.74, 6) is -2.88. The van der Waals surface area contributed by atoms with Gasteiger partial charge in [-0.1, -0.05) is 24.3 Å². The summed E-state index contributed by atoms with van der Waals surface area (Å²) in [6.45, 7) is -0.286. The van der Waals surface area contributed by atoms with E-state index in [1.807, 2.05) is 0 Å². The molecule has 0 aliphatic rings. The van der Waals surface area contributed by atoms with E-state index in [2.05, 4.69) is 5.32 Å². The fraction of sp³-hybridized carbons (Fsp3) is 0.111. The zero-order valence-electron chi connectivity index (χ0n) is 13.3. The SMILES string of the molecule is O=C(/C=C/c1cccc(F)c1)Nc1ccc(CNC(=O)C(F)(F)F)cc1. The minimum absolute atomic E-state index is 0.286. The Morgan fingerprint density at radius 1 is 1.04 bits per heavy atom. The van der Waals surface area contributed by atoms with Gasteiger partial charge in [-0.25, -0.2) is 4.39 Å². The van der Waals surface area contributed by atoms with E-state index in [1.165, 1.54) is 54.6 Å². The Bertz CT molecular complexity index is 815. The summed E-state index contributed by atoms with van der Waals surface area (Å²) >= 11 is 0. The number of hydrogen-bond acceptors (Lipinski definition) is 2. The predicted octanol–water partition coefficient (Wildman–Crippen LogP) is 3.66. The Kier molecular flexibility index (Phi) is 6.11. The first kappa shape index (κ1) is 19.2. The van der Waals surface area contributed by atoms with Crippen molar-refractivity contribution in [2.75, 3.05) is 5.32 Å². The Hall–Kier alpha value is -3.16. The molecule has 2 aromatic rings. The Morgan fingerprint density at radius 2 is 1.73 bits per heavy atom. The number of carbonyl (C=O) groups is 2. The molecule has 0 radical (unpaired) electrons. The van der Waals surface area contributed by atoms with Crippen molar-refractivity contribution in [3.8, 4) is 0 Å². The molecule has 26 heavy (non-hydrogen) atoms. The van der Waals surface area contributed by atoms with E-state index in [0.717, 1.165) is 0 Å². The van der Waals surface area contributed by atoms with Crippen molar-refractivity contribution in [1.29, 1.82) is 0 Å². The minimum atomic E-state index is -4.93. The highest BCUT2D eigenvalue weighted by atomic mass is 19.4. The maximum Gasteiger partial charge on any atom is 0.471 e. The zero-order chi connectivity index (χ0) is 19.2. The van der Waals surface area contributed by atoms with Gasteiger partial charge in [0.15, 0.2) is 0 Å². The monoisotopic (exact) mass is 366 g/mol. The van der Waals surface area contributed by atoms with Crippen molar-refractivity contribution in [2.24, 2.45) is 0 Å². The molecule has 0 atom stereocenters. The lowest BCUT2D eigenvalue weighted by Crippen LogP contribution is -2.36. The fourth-order valence-corrected chi connectivity index (χ4v) is 1.95. The predicted molar refractivity (Wildman–Crippen MR) is 88.4 cm³/mol. The highest BCUT2D eigenvalue weighted by Crippen LogP contribution is 2.15. The van der Waals surface area contributed by atoms with Crippen LogP contribution in [0.5, 0.6) is 0 Å². The normalized spacial score (nSPS) is 11.4. The molecule has 2 aromatic carbocycles. The molecule has 0 aliphatic heterocycles. The summed E-state index contributed by atoms with van der Waals surface area (Å²) in [6.07, 6.45) is -2.26. The second kappa shape index (κ2) is 8.28. The van der Waals surface area contributed by atoms with Crippen LogP contribution in [0.4, 0.5) is 23.2 Å². The summed E-state index contributed by atoms with van der Waals surface area (Å²) < 4.78 is 49.3. The number of nitrogens with one attached hydrogen (secondary N) is 2. The third kappa shape index (κ3) is 6.04. The van der Waals surface area contributed by atoms with Crippen LogP contribution >= 0.6 is 0 Å². The Morgan fingerprint density at radius 3 is 2.35 bits per heavy atom. The maximum atomic E-state index is 13.0. The van der Waals surface area contributed by atoms with Gasteiger partial charge in [0, 0.05) is 18.3 Å². The molecule has 0 fully saturated rings. The van der Waals surface area contributed by atoms with Gasteiger partial charge in [-0.3, -0.25) is 9.59 Å². The molecule has 0 aliphatic carbocycles. The quantitative estimate of drug-likeness (QED) is 0.627. The topological polar surface area (TPSA) is 58.2 Å². The van der Waals surface area contributed by atoms with E-state index in [-0.39, 0.29) is 6.54 Å². The smallest absolute Gasteiger partial charge is 0.344 e. The molecular formula is C18H14F4N2O2. The molecule has 8 heteroatoms. The number of rotatable bonds is 5. The molecule has 2 rings (SSSR count). The first-order chi connectivity index (χ1) is 12.2. The van der Waals surface area contributed by atoms with Crippen LogP contribution in [0.3, 0.4) is 0 Å². The van der Waals surface area contributed by atoms with E-state index in [0.29, 0.717) is 16.8 Å². The number of amides is 2. The van der Waals surface area contributed by atoms with Gasteiger partial charge < -0.3 is 10.6 Å². The summed E-state index contributed by atoms with van der Waals surface area (Å²) in [7, 11) is 0. The van der Waals surface area contributed by atoms with Crippen LogP contribution in [-0.4, -0.2) is 18.0 Å². The average Bonchev–Trinajstić information content (AvgIpc) is 2.58. The summed E-state index contributed by atoms with van der Waals surface area (Å²) in [5.41, 5.74) is 1.39. The van der Waals surface area contributed by atoms with Gasteiger partial charge in [0.1, 0.15) is 5.82 Å². The number of carbonyl (C=O) groups excluding carboxylic acids is 2. The largest absolute Gasteiger partial charge is 0.471 e. The second-order valence-corrected chi connectivity index (χ2v) is 5.25. The van der Waals surface area contributed by atoms with Crippen LogP contribution < -0.4 is 10.6 Å². The highest BCUT2D eigenvalue weighted by Gasteiger charge is 2.38. The molecule has 4 nitrogen and oxygen atoms in total. The molecule has 0 spiro atoms. The molecule has 136 valence electrons. The maximum absolute atomic E-state index is 13.0. The van der Waals surface area contributed by atoms with Gasteiger partial charge in [0.05, 0.1) is 0 Å². The third-order valence-corrected chi connectivity index (χ3v) is 3.21. The number of hydrogen-bond donors (Lipinski definition) is 2. The highest BCUT2D eigenvalue weighted by molar-refractivity contribution is 6.01. The van der Waals surface area contributed by atoms with E-state index < -0.39 is 23.8 Å². The van der Waals surface area contributed by atoms with Crippen LogP contribution in [0.15, 0.2) is 54.6 Å². The molecule has 0 saturated heterocycles. The number of benzene rings is 2. The van der Waals surface area contributed by atoms with Crippen molar-refractivity contribution in [3.63, 3.8) is 0 Å². The van der Waals surface area contributed by atoms with E-state index in [1.54, 1.807) is 11.4 Å². The van der Waals surface area contributed by atoms with Crippen molar-refractivity contribution >= 4 is 23.6 Å². The minimum Gasteiger partial charge on any atom is -0.344 e. The van der Waals surface area contributed by atoms with Crippen LogP contribution in [0, 0.1) is 5.82 Å². The fourth-order valence-electron chi connectivity index (χ4n) is 1.95. The van der Waals surface area contributed by atoms with Crippen LogP contribution in [0.1, 0.15) is 11.1 Å². The van der Waals surface area contributed by atoms with Crippen LogP contribution in [-0.2, 0) is 16.1 Å². The van der Waals surface area contributed by atoms with Crippen molar-refractivity contribution < 1.29 is 27.2 Å². The lowest BCUT2D eigenvalue weighted by atomic mass is 10.2. The number of anilines is 1. The van der Waals surface area contributed by atoms with Gasteiger partial charge in [-0.05, 0) is 41.5 Å². The summed E-state index contributed by atoms with van der Waals surface area (Å²) in [4.78, 5) is 22.5. The van der Waals surface area contributed by atoms with Crippen LogP contribution in [0.2, 0.25) is 0 Å². The molecule has 0 bridgehead atoms. The van der Waals surface area contributed by atoms with Crippen molar-refractivity contribution in [1.82, 2.24) is 5.32 Å². The zero-order valence-corrected chi connectivity index (χ0v) is 13.3. The molecule has 2 N–H and O–H groups in total. The third-order valence-electron chi connectivity index (χ3n) is 3.21. The summed E-state index contributed by atoms with van der Waals surface area (Å²) in [5, 5.41) is 4.31. The van der Waals surface area contributed by atoms with Gasteiger partial charge in [-0.2, -0.15) is 13.2 Å². The van der Waals surface area contributed by atoms with Crippen molar-refractivity contribution in [3.05, 3.63) is 71.6 Å². The van der Waals surface area contributed by atoms with E-state index >= 15 is 0 Å². The van der Waals surface area contributed by atoms with Crippen LogP contribution in [0.25, 0.3) is 6.08 Å². The van der Waals surface area contributed by atoms with Gasteiger partial charge >= 0.3 is 12.1 Å². The Labute approximate surface area is 146 Å².